The van der Waals surface area contributed by atoms with Crippen LogP contribution in [0.25, 0.3) is 10.6 Å². The van der Waals surface area contributed by atoms with Crippen LogP contribution in [0.1, 0.15) is 24.1 Å². The minimum atomic E-state index is 0.282. The van der Waals surface area contributed by atoms with Gasteiger partial charge in [-0.3, -0.25) is 9.69 Å². The van der Waals surface area contributed by atoms with Crippen LogP contribution in [0.4, 0.5) is 0 Å². The third kappa shape index (κ3) is 5.69. The lowest BCUT2D eigenvalue weighted by molar-refractivity contribution is -0.133. The minimum Gasteiger partial charge on any atom is -0.340 e. The number of aromatic nitrogens is 1. The predicted octanol–water partition coefficient (Wildman–Crippen LogP) is 5.13. The maximum absolute atomic E-state index is 12.5. The first-order valence-electron chi connectivity index (χ1n) is 10.4. The van der Waals surface area contributed by atoms with Crippen molar-refractivity contribution in [3.63, 3.8) is 0 Å². The molecule has 1 amide bonds. The summed E-state index contributed by atoms with van der Waals surface area (Å²) in [6.07, 6.45) is 2.51. The van der Waals surface area contributed by atoms with Gasteiger partial charge in [0.2, 0.25) is 5.91 Å². The van der Waals surface area contributed by atoms with E-state index in [1.54, 1.807) is 11.3 Å². The molecule has 0 N–H and O–H groups in total. The molecule has 1 aromatic heterocycles. The zero-order chi connectivity index (χ0) is 20.8. The summed E-state index contributed by atoms with van der Waals surface area (Å²) in [6.45, 7) is 4.24. The SMILES string of the molecule is O=C(CCCc1ccccc1)N1CCN(Cc2csc(-c3ccc(Cl)cc3)n2)CC1. The number of hydrogen-bond donors (Lipinski definition) is 0. The van der Waals surface area contributed by atoms with Crippen molar-refractivity contribution in [1.82, 2.24) is 14.8 Å². The van der Waals surface area contributed by atoms with Gasteiger partial charge in [-0.25, -0.2) is 4.98 Å². The smallest absolute Gasteiger partial charge is 0.222 e. The summed E-state index contributed by atoms with van der Waals surface area (Å²) in [4.78, 5) is 21.7. The van der Waals surface area contributed by atoms with Crippen LogP contribution in [0.3, 0.4) is 0 Å². The van der Waals surface area contributed by atoms with Gasteiger partial charge in [0, 0.05) is 55.1 Å². The highest BCUT2D eigenvalue weighted by Crippen LogP contribution is 2.25. The van der Waals surface area contributed by atoms with E-state index in [1.165, 1.54) is 5.56 Å². The molecule has 0 atom stereocenters. The number of rotatable bonds is 7. The van der Waals surface area contributed by atoms with Crippen LogP contribution in [0, 0.1) is 0 Å². The van der Waals surface area contributed by atoms with Crippen LogP contribution in [-0.2, 0) is 17.8 Å². The zero-order valence-corrected chi connectivity index (χ0v) is 18.5. The molecule has 0 aliphatic carbocycles. The van der Waals surface area contributed by atoms with Crippen molar-refractivity contribution < 1.29 is 4.79 Å². The molecule has 2 heterocycles. The van der Waals surface area contributed by atoms with Gasteiger partial charge in [0.1, 0.15) is 5.01 Å². The van der Waals surface area contributed by atoms with Gasteiger partial charge in [-0.1, -0.05) is 54.1 Å². The molecule has 0 spiro atoms. The number of thiazole rings is 1. The average molecular weight is 440 g/mol. The van der Waals surface area contributed by atoms with Crippen molar-refractivity contribution in [2.75, 3.05) is 26.2 Å². The maximum Gasteiger partial charge on any atom is 0.222 e. The van der Waals surface area contributed by atoms with Crippen molar-refractivity contribution >= 4 is 28.8 Å². The Hall–Kier alpha value is -2.21. The Morgan fingerprint density at radius 3 is 2.47 bits per heavy atom. The molecule has 1 aliphatic rings. The normalized spacial score (nSPS) is 14.8. The highest BCUT2D eigenvalue weighted by Gasteiger charge is 2.21. The number of aryl methyl sites for hydroxylation is 1. The van der Waals surface area contributed by atoms with E-state index in [4.69, 9.17) is 16.6 Å². The summed E-state index contributed by atoms with van der Waals surface area (Å²) in [5.74, 6) is 0.282. The molecule has 4 nitrogen and oxygen atoms in total. The molecule has 30 heavy (non-hydrogen) atoms. The Bertz CT molecular complexity index is 950. The molecular formula is C24H26ClN3OS. The van der Waals surface area contributed by atoms with E-state index in [9.17, 15) is 4.79 Å². The van der Waals surface area contributed by atoms with Gasteiger partial charge in [0.15, 0.2) is 0 Å². The first kappa shape index (κ1) is 21.0. The summed E-state index contributed by atoms with van der Waals surface area (Å²) in [6, 6.07) is 18.2. The van der Waals surface area contributed by atoms with Crippen LogP contribution in [0.15, 0.2) is 60.0 Å². The van der Waals surface area contributed by atoms with Crippen molar-refractivity contribution in [2.24, 2.45) is 0 Å². The molecule has 0 bridgehead atoms. The molecule has 0 unspecified atom stereocenters. The molecule has 0 radical (unpaired) electrons. The fourth-order valence-corrected chi connectivity index (χ4v) is 4.68. The number of carbonyl (C=O) groups is 1. The molecular weight excluding hydrogens is 414 g/mol. The Balaban J connectivity index is 1.21. The lowest BCUT2D eigenvalue weighted by Crippen LogP contribution is -2.48. The number of hydrogen-bond acceptors (Lipinski definition) is 4. The van der Waals surface area contributed by atoms with Gasteiger partial charge in [-0.15, -0.1) is 11.3 Å². The lowest BCUT2D eigenvalue weighted by Gasteiger charge is -2.34. The van der Waals surface area contributed by atoms with E-state index < -0.39 is 0 Å². The Morgan fingerprint density at radius 1 is 1.00 bits per heavy atom. The molecule has 0 saturated carbocycles. The number of piperazine rings is 1. The highest BCUT2D eigenvalue weighted by atomic mass is 35.5. The minimum absolute atomic E-state index is 0.282. The van der Waals surface area contributed by atoms with E-state index in [1.807, 2.05) is 35.2 Å². The maximum atomic E-state index is 12.5. The largest absolute Gasteiger partial charge is 0.340 e. The third-order valence-corrected chi connectivity index (χ3v) is 6.64. The van der Waals surface area contributed by atoms with Crippen LogP contribution < -0.4 is 0 Å². The molecule has 4 rings (SSSR count). The van der Waals surface area contributed by atoms with Gasteiger partial charge in [-0.2, -0.15) is 0 Å². The van der Waals surface area contributed by atoms with Crippen molar-refractivity contribution in [3.8, 4) is 10.6 Å². The second kappa shape index (κ2) is 10.2. The van der Waals surface area contributed by atoms with E-state index >= 15 is 0 Å². The molecule has 2 aromatic carbocycles. The number of nitrogens with zero attached hydrogens (tertiary/aromatic N) is 3. The van der Waals surface area contributed by atoms with Gasteiger partial charge >= 0.3 is 0 Å². The van der Waals surface area contributed by atoms with Crippen molar-refractivity contribution in [3.05, 3.63) is 76.3 Å². The van der Waals surface area contributed by atoms with Crippen LogP contribution in [0.2, 0.25) is 5.02 Å². The topological polar surface area (TPSA) is 36.4 Å². The van der Waals surface area contributed by atoms with Crippen LogP contribution in [-0.4, -0.2) is 46.9 Å². The summed E-state index contributed by atoms with van der Waals surface area (Å²) in [7, 11) is 0. The van der Waals surface area contributed by atoms with Crippen molar-refractivity contribution in [2.45, 2.75) is 25.8 Å². The fourth-order valence-electron chi connectivity index (χ4n) is 3.74. The van der Waals surface area contributed by atoms with Gasteiger partial charge in [-0.05, 0) is 30.5 Å². The van der Waals surface area contributed by atoms with Crippen LogP contribution >= 0.6 is 22.9 Å². The van der Waals surface area contributed by atoms with E-state index in [0.29, 0.717) is 6.42 Å². The number of benzene rings is 2. The molecule has 6 heteroatoms. The second-order valence-electron chi connectivity index (χ2n) is 7.65. The summed E-state index contributed by atoms with van der Waals surface area (Å²) < 4.78 is 0. The van der Waals surface area contributed by atoms with Gasteiger partial charge in [0.25, 0.3) is 0 Å². The first-order chi connectivity index (χ1) is 14.7. The van der Waals surface area contributed by atoms with Crippen molar-refractivity contribution in [1.29, 1.82) is 0 Å². The summed E-state index contributed by atoms with van der Waals surface area (Å²) in [5, 5.41) is 3.89. The average Bonchev–Trinajstić information content (AvgIpc) is 3.24. The lowest BCUT2D eigenvalue weighted by atomic mass is 10.1. The molecule has 3 aromatic rings. The predicted molar refractivity (Wildman–Crippen MR) is 124 cm³/mol. The second-order valence-corrected chi connectivity index (χ2v) is 8.94. The van der Waals surface area contributed by atoms with E-state index in [2.05, 4.69) is 34.5 Å². The Kier molecular flexibility index (Phi) is 7.16. The Morgan fingerprint density at radius 2 is 1.73 bits per heavy atom. The number of amides is 1. The van der Waals surface area contributed by atoms with E-state index in [0.717, 1.165) is 66.9 Å². The highest BCUT2D eigenvalue weighted by molar-refractivity contribution is 7.13. The standard InChI is InChI=1S/C24H26ClN3OS/c25-21-11-9-20(10-12-21)24-26-22(18-30-24)17-27-13-15-28(16-14-27)23(29)8-4-7-19-5-2-1-3-6-19/h1-3,5-6,9-12,18H,4,7-8,13-17H2. The zero-order valence-electron chi connectivity index (χ0n) is 17.0. The fraction of sp³-hybridized carbons (Fsp3) is 0.333. The summed E-state index contributed by atoms with van der Waals surface area (Å²) >= 11 is 7.64. The van der Waals surface area contributed by atoms with Gasteiger partial charge < -0.3 is 4.90 Å². The molecule has 156 valence electrons. The molecule has 1 aliphatic heterocycles. The number of carbonyl (C=O) groups excluding carboxylic acids is 1. The quantitative estimate of drug-likeness (QED) is 0.512. The summed E-state index contributed by atoms with van der Waals surface area (Å²) in [5.41, 5.74) is 3.49. The van der Waals surface area contributed by atoms with Gasteiger partial charge in [0.05, 0.1) is 5.69 Å². The third-order valence-electron chi connectivity index (χ3n) is 5.45. The van der Waals surface area contributed by atoms with E-state index in [-0.39, 0.29) is 5.91 Å². The first-order valence-corrected chi connectivity index (χ1v) is 11.7. The van der Waals surface area contributed by atoms with Crippen LogP contribution in [0.5, 0.6) is 0 Å². The number of halogens is 1. The molecule has 1 saturated heterocycles. The monoisotopic (exact) mass is 439 g/mol. The molecule has 1 fully saturated rings. The Labute approximate surface area is 187 Å².